The van der Waals surface area contributed by atoms with Gasteiger partial charge in [0.1, 0.15) is 0 Å². The summed E-state index contributed by atoms with van der Waals surface area (Å²) in [5, 5.41) is 2.60. The molecule has 0 aliphatic carbocycles. The predicted octanol–water partition coefficient (Wildman–Crippen LogP) is 2.68. The molecule has 3 nitrogen and oxygen atoms in total. The van der Waals surface area contributed by atoms with Gasteiger partial charge in [-0.05, 0) is 25.1 Å². The van der Waals surface area contributed by atoms with Crippen molar-refractivity contribution in [3.8, 4) is 0 Å². The summed E-state index contributed by atoms with van der Waals surface area (Å²) >= 11 is 0.418. The van der Waals surface area contributed by atoms with Gasteiger partial charge < -0.3 is 11.1 Å². The number of alkyl halides is 2. The third-order valence-electron chi connectivity index (χ3n) is 1.99. The maximum Gasteiger partial charge on any atom is 0.288 e. The lowest BCUT2D eigenvalue weighted by atomic mass is 10.2. The second-order valence-corrected chi connectivity index (χ2v) is 4.35. The van der Waals surface area contributed by atoms with Crippen molar-refractivity contribution in [2.75, 3.05) is 11.9 Å². The minimum absolute atomic E-state index is 0.210. The Bertz CT molecular complexity index is 374. The maximum absolute atomic E-state index is 12.3. The van der Waals surface area contributed by atoms with Crippen LogP contribution in [0, 0.1) is 0 Å². The number of hydrogen-bond donors (Lipinski definition) is 2. The van der Waals surface area contributed by atoms with Crippen LogP contribution in [0.3, 0.4) is 0 Å². The molecule has 1 rings (SSSR count). The topological polar surface area (TPSA) is 55.1 Å². The third-order valence-corrected chi connectivity index (χ3v) is 2.77. The standard InChI is InChI=1S/C11H14F2N2OS/c12-11(13)17-9-5-2-1-4-8(9)15-10(16)6-3-7-14/h1-2,4-5,11H,3,6-7,14H2,(H,15,16). The van der Waals surface area contributed by atoms with Gasteiger partial charge >= 0.3 is 0 Å². The molecule has 0 saturated heterocycles. The van der Waals surface area contributed by atoms with E-state index >= 15 is 0 Å². The van der Waals surface area contributed by atoms with E-state index in [-0.39, 0.29) is 5.91 Å². The van der Waals surface area contributed by atoms with Gasteiger partial charge in [0, 0.05) is 11.3 Å². The number of anilines is 1. The first kappa shape index (κ1) is 13.9. The Labute approximate surface area is 103 Å². The van der Waals surface area contributed by atoms with Crippen LogP contribution in [-0.4, -0.2) is 18.2 Å². The van der Waals surface area contributed by atoms with Crippen molar-refractivity contribution in [1.82, 2.24) is 0 Å². The summed E-state index contributed by atoms with van der Waals surface area (Å²) in [5.74, 6) is -2.71. The van der Waals surface area contributed by atoms with E-state index in [1.807, 2.05) is 0 Å². The van der Waals surface area contributed by atoms with Crippen LogP contribution in [0.15, 0.2) is 29.2 Å². The fraction of sp³-hybridized carbons (Fsp3) is 0.364. The molecule has 6 heteroatoms. The molecule has 0 fully saturated rings. The van der Waals surface area contributed by atoms with E-state index in [1.54, 1.807) is 24.3 Å². The van der Waals surface area contributed by atoms with Crippen LogP contribution in [0.25, 0.3) is 0 Å². The molecule has 0 saturated carbocycles. The first-order chi connectivity index (χ1) is 8.13. The number of nitrogens with two attached hydrogens (primary N) is 1. The molecule has 0 aromatic heterocycles. The zero-order valence-electron chi connectivity index (χ0n) is 9.16. The number of hydrogen-bond acceptors (Lipinski definition) is 3. The molecule has 1 aromatic carbocycles. The summed E-state index contributed by atoms with van der Waals surface area (Å²) in [5.41, 5.74) is 5.70. The molecule has 0 atom stereocenters. The zero-order valence-corrected chi connectivity index (χ0v) is 9.97. The van der Waals surface area contributed by atoms with E-state index < -0.39 is 5.76 Å². The monoisotopic (exact) mass is 260 g/mol. The molecule has 0 aliphatic rings. The van der Waals surface area contributed by atoms with E-state index in [0.29, 0.717) is 41.7 Å². The van der Waals surface area contributed by atoms with Gasteiger partial charge in [-0.25, -0.2) is 0 Å². The van der Waals surface area contributed by atoms with Crippen molar-refractivity contribution in [1.29, 1.82) is 0 Å². The van der Waals surface area contributed by atoms with Gasteiger partial charge in [0.25, 0.3) is 5.76 Å². The minimum atomic E-state index is -2.50. The second-order valence-electron chi connectivity index (χ2n) is 3.32. The van der Waals surface area contributed by atoms with Gasteiger partial charge in [-0.2, -0.15) is 8.78 Å². The van der Waals surface area contributed by atoms with E-state index in [4.69, 9.17) is 5.73 Å². The van der Waals surface area contributed by atoms with E-state index in [2.05, 4.69) is 5.32 Å². The average Bonchev–Trinajstić information content (AvgIpc) is 2.28. The lowest BCUT2D eigenvalue weighted by Gasteiger charge is -2.09. The predicted molar refractivity (Wildman–Crippen MR) is 65.2 cm³/mol. The number of nitrogens with one attached hydrogen (secondary N) is 1. The lowest BCUT2D eigenvalue weighted by molar-refractivity contribution is -0.116. The number of benzene rings is 1. The van der Waals surface area contributed by atoms with Crippen molar-refractivity contribution in [3.05, 3.63) is 24.3 Å². The van der Waals surface area contributed by atoms with Crippen molar-refractivity contribution in [2.24, 2.45) is 5.73 Å². The van der Waals surface area contributed by atoms with Crippen LogP contribution in [0.1, 0.15) is 12.8 Å². The molecular weight excluding hydrogens is 246 g/mol. The quantitative estimate of drug-likeness (QED) is 0.773. The highest BCUT2D eigenvalue weighted by molar-refractivity contribution is 7.99. The molecule has 0 radical (unpaired) electrons. The summed E-state index contributed by atoms with van der Waals surface area (Å²) < 4.78 is 24.5. The normalized spacial score (nSPS) is 10.6. The largest absolute Gasteiger partial charge is 0.330 e. The molecular formula is C11H14F2N2OS. The molecule has 0 unspecified atom stereocenters. The number of para-hydroxylation sites is 1. The van der Waals surface area contributed by atoms with Crippen molar-refractivity contribution in [3.63, 3.8) is 0 Å². The summed E-state index contributed by atoms with van der Waals surface area (Å²) in [4.78, 5) is 11.8. The number of carbonyl (C=O) groups is 1. The van der Waals surface area contributed by atoms with Crippen LogP contribution in [0.2, 0.25) is 0 Å². The third kappa shape index (κ3) is 5.14. The summed E-state index contributed by atoms with van der Waals surface area (Å²) in [6.07, 6.45) is 0.875. The van der Waals surface area contributed by atoms with Crippen molar-refractivity contribution in [2.45, 2.75) is 23.5 Å². The molecule has 0 heterocycles. The molecule has 1 amide bonds. The molecule has 1 aromatic rings. The van der Waals surface area contributed by atoms with E-state index in [0.717, 1.165) is 0 Å². The van der Waals surface area contributed by atoms with Crippen molar-refractivity contribution >= 4 is 23.4 Å². The van der Waals surface area contributed by atoms with Crippen LogP contribution in [0.4, 0.5) is 14.5 Å². The maximum atomic E-state index is 12.3. The Morgan fingerprint density at radius 2 is 2.12 bits per heavy atom. The van der Waals surface area contributed by atoms with Gasteiger partial charge in [0.05, 0.1) is 5.69 Å². The first-order valence-electron chi connectivity index (χ1n) is 5.17. The molecule has 0 spiro atoms. The number of halogens is 2. The summed E-state index contributed by atoms with van der Waals surface area (Å²) in [6, 6.07) is 6.49. The molecule has 0 aliphatic heterocycles. The number of rotatable bonds is 6. The first-order valence-corrected chi connectivity index (χ1v) is 6.05. The van der Waals surface area contributed by atoms with Gasteiger partial charge in [-0.3, -0.25) is 4.79 Å². The molecule has 17 heavy (non-hydrogen) atoms. The zero-order chi connectivity index (χ0) is 12.7. The smallest absolute Gasteiger partial charge is 0.288 e. The number of thioether (sulfide) groups is 1. The summed E-state index contributed by atoms with van der Waals surface area (Å²) in [6.45, 7) is 0.431. The fourth-order valence-corrected chi connectivity index (χ4v) is 1.84. The fourth-order valence-electron chi connectivity index (χ4n) is 1.24. The van der Waals surface area contributed by atoms with E-state index in [1.165, 1.54) is 0 Å². The average molecular weight is 260 g/mol. The molecule has 94 valence electrons. The van der Waals surface area contributed by atoms with Crippen LogP contribution < -0.4 is 11.1 Å². The van der Waals surface area contributed by atoms with Gasteiger partial charge in [-0.1, -0.05) is 23.9 Å². The van der Waals surface area contributed by atoms with Gasteiger partial charge in [0.15, 0.2) is 0 Å². The number of amides is 1. The Kier molecular flexibility index (Phi) is 5.93. The number of carbonyl (C=O) groups excluding carboxylic acids is 1. The second kappa shape index (κ2) is 7.24. The highest BCUT2D eigenvalue weighted by Crippen LogP contribution is 2.31. The van der Waals surface area contributed by atoms with Crippen LogP contribution in [0.5, 0.6) is 0 Å². The van der Waals surface area contributed by atoms with Gasteiger partial charge in [-0.15, -0.1) is 0 Å². The van der Waals surface area contributed by atoms with Gasteiger partial charge in [0.2, 0.25) is 5.91 Å². The highest BCUT2D eigenvalue weighted by atomic mass is 32.2. The highest BCUT2D eigenvalue weighted by Gasteiger charge is 2.11. The van der Waals surface area contributed by atoms with Crippen LogP contribution >= 0.6 is 11.8 Å². The Morgan fingerprint density at radius 1 is 1.41 bits per heavy atom. The molecule has 3 N–H and O–H groups in total. The Balaban J connectivity index is 2.66. The Morgan fingerprint density at radius 3 is 2.76 bits per heavy atom. The Hall–Kier alpha value is -1.14. The minimum Gasteiger partial charge on any atom is -0.330 e. The SMILES string of the molecule is NCCCC(=O)Nc1ccccc1SC(F)F. The summed E-state index contributed by atoms with van der Waals surface area (Å²) in [7, 11) is 0. The van der Waals surface area contributed by atoms with Crippen molar-refractivity contribution < 1.29 is 13.6 Å². The van der Waals surface area contributed by atoms with Crippen LogP contribution in [-0.2, 0) is 4.79 Å². The van der Waals surface area contributed by atoms with E-state index in [9.17, 15) is 13.6 Å². The molecule has 0 bridgehead atoms. The lowest BCUT2D eigenvalue weighted by Crippen LogP contribution is -2.14.